The second-order valence-electron chi connectivity index (χ2n) is 9.45. The summed E-state index contributed by atoms with van der Waals surface area (Å²) < 4.78 is 34.7. The number of nitrogens with two attached hydrogens (primary N) is 1. The first-order chi connectivity index (χ1) is 18.6. The first kappa shape index (κ1) is 28.9. The Bertz CT molecular complexity index is 1480. The molecule has 4 N–H and O–H groups in total. The van der Waals surface area contributed by atoms with Gasteiger partial charge in [-0.3, -0.25) is 4.98 Å². The number of ether oxygens (including phenoxy) is 1. The number of nitrogens with zero attached hydrogens (tertiary/aromatic N) is 3. The highest BCUT2D eigenvalue weighted by atomic mass is 32.2. The molecule has 13 heteroatoms. The number of fused-ring (bicyclic) bond motifs is 1. The van der Waals surface area contributed by atoms with Crippen molar-refractivity contribution in [1.82, 2.24) is 19.6 Å². The number of nitrogens with one attached hydrogen (secondary N) is 1. The third-order valence-electron chi connectivity index (χ3n) is 5.87. The molecule has 0 fully saturated rings. The molecule has 2 heterocycles. The molecule has 0 aliphatic carbocycles. The Labute approximate surface area is 235 Å². The number of carbonyl (C=O) groups excluding carboxylic acids is 1. The van der Waals surface area contributed by atoms with Gasteiger partial charge in [0.2, 0.25) is 10.0 Å². The molecule has 0 bridgehead atoms. The number of hydrogen-bond donors (Lipinski definition) is 3. The summed E-state index contributed by atoms with van der Waals surface area (Å²) in [5.74, 6) is -0.0142. The molecule has 208 valence electrons. The fraction of sp³-hybridized carbons (Fsp3) is 0.346. The topological polar surface area (TPSA) is 148 Å². The smallest absolute Gasteiger partial charge is 0.407 e. The Balaban J connectivity index is 1.55. The number of sulfonamides is 1. The van der Waals surface area contributed by atoms with Gasteiger partial charge in [-0.2, -0.15) is 4.31 Å². The largest absolute Gasteiger partial charge is 0.444 e. The lowest BCUT2D eigenvalue weighted by molar-refractivity contribution is 0.0876. The lowest BCUT2D eigenvalue weighted by atomic mass is 10.0. The van der Waals surface area contributed by atoms with Gasteiger partial charge < -0.3 is 20.9 Å². The number of amides is 1. The van der Waals surface area contributed by atoms with Gasteiger partial charge in [-0.25, -0.2) is 18.2 Å². The average molecular weight is 590 g/mol. The third-order valence-corrected chi connectivity index (χ3v) is 9.30. The Morgan fingerprint density at radius 3 is 2.64 bits per heavy atom. The zero-order valence-electron chi connectivity index (χ0n) is 21.6. The van der Waals surface area contributed by atoms with Gasteiger partial charge in [0.1, 0.15) is 6.61 Å². The van der Waals surface area contributed by atoms with Gasteiger partial charge in [0, 0.05) is 19.3 Å². The van der Waals surface area contributed by atoms with Crippen LogP contribution >= 0.6 is 22.7 Å². The van der Waals surface area contributed by atoms with Crippen molar-refractivity contribution in [3.05, 3.63) is 70.7 Å². The number of hydrogen-bond acceptors (Lipinski definition) is 10. The first-order valence-electron chi connectivity index (χ1n) is 12.3. The summed E-state index contributed by atoms with van der Waals surface area (Å²) in [4.78, 5) is 21.7. The lowest BCUT2D eigenvalue weighted by Crippen LogP contribution is -2.51. The standard InChI is InChI=1S/C26H31N5O5S3/c1-17(2)13-31(39(34,35)20-8-9-21-24(11-20)38-25(27)29-21)14-23(32)22(10-18-6-4-3-5-7-18)30-26(33)36-15-19-12-28-16-37-19/h3-9,11-12,16-17,22-23,32H,10,13-15H2,1-2H3,(H2,27,29)(H,30,33)/t22-,23-/m0/s1. The predicted octanol–water partition coefficient (Wildman–Crippen LogP) is 3.88. The molecular weight excluding hydrogens is 559 g/mol. The van der Waals surface area contributed by atoms with Crippen LogP contribution in [0.5, 0.6) is 0 Å². The molecule has 2 aromatic heterocycles. The van der Waals surface area contributed by atoms with E-state index in [0.717, 1.165) is 10.4 Å². The molecule has 0 aliphatic rings. The van der Waals surface area contributed by atoms with Gasteiger partial charge in [-0.1, -0.05) is 55.5 Å². The van der Waals surface area contributed by atoms with Crippen molar-refractivity contribution < 1.29 is 23.1 Å². The summed E-state index contributed by atoms with van der Waals surface area (Å²) in [6.07, 6.45) is -0.0486. The molecule has 0 unspecified atom stereocenters. The molecule has 1 amide bonds. The van der Waals surface area contributed by atoms with E-state index in [0.29, 0.717) is 15.3 Å². The number of rotatable bonds is 12. The SMILES string of the molecule is CC(C)CN(C[C@H](O)[C@H](Cc1ccccc1)NC(=O)OCc1cncs1)S(=O)(=O)c1ccc2nc(N)sc2c1. The molecule has 4 rings (SSSR count). The Hall–Kier alpha value is -3.10. The quantitative estimate of drug-likeness (QED) is 0.226. The number of benzene rings is 2. The van der Waals surface area contributed by atoms with E-state index in [1.54, 1.807) is 23.8 Å². The zero-order chi connectivity index (χ0) is 28.0. The number of aliphatic hydroxyl groups is 1. The molecule has 0 saturated heterocycles. The highest BCUT2D eigenvalue weighted by molar-refractivity contribution is 7.89. The predicted molar refractivity (Wildman–Crippen MR) is 153 cm³/mol. The summed E-state index contributed by atoms with van der Waals surface area (Å²) in [7, 11) is -3.99. The lowest BCUT2D eigenvalue weighted by Gasteiger charge is -2.30. The van der Waals surface area contributed by atoms with Crippen LogP contribution in [0.2, 0.25) is 0 Å². The van der Waals surface area contributed by atoms with Gasteiger partial charge >= 0.3 is 6.09 Å². The fourth-order valence-corrected chi connectivity index (χ4v) is 7.04. The number of aromatic nitrogens is 2. The summed E-state index contributed by atoms with van der Waals surface area (Å²) in [6, 6.07) is 13.2. The van der Waals surface area contributed by atoms with Crippen molar-refractivity contribution in [2.45, 2.75) is 43.9 Å². The number of aliphatic hydroxyl groups excluding tert-OH is 1. The molecule has 4 aromatic rings. The van der Waals surface area contributed by atoms with Crippen LogP contribution in [0.1, 0.15) is 24.3 Å². The van der Waals surface area contributed by atoms with Crippen LogP contribution in [0.4, 0.5) is 9.93 Å². The first-order valence-corrected chi connectivity index (χ1v) is 15.4. The third kappa shape index (κ3) is 7.73. The minimum atomic E-state index is -3.99. The van der Waals surface area contributed by atoms with Crippen LogP contribution in [0.3, 0.4) is 0 Å². The maximum absolute atomic E-state index is 13.7. The summed E-state index contributed by atoms with van der Waals surface area (Å²) in [5.41, 5.74) is 8.93. The molecule has 2 atom stereocenters. The van der Waals surface area contributed by atoms with E-state index < -0.39 is 28.3 Å². The Kier molecular flexibility index (Phi) is 9.51. The van der Waals surface area contributed by atoms with E-state index in [1.165, 1.54) is 33.0 Å². The van der Waals surface area contributed by atoms with Crippen molar-refractivity contribution in [2.24, 2.45) is 5.92 Å². The average Bonchev–Trinajstić information content (AvgIpc) is 3.55. The van der Waals surface area contributed by atoms with E-state index in [1.807, 2.05) is 44.2 Å². The maximum Gasteiger partial charge on any atom is 0.407 e. The van der Waals surface area contributed by atoms with Crippen LogP contribution in [0.25, 0.3) is 10.2 Å². The second kappa shape index (κ2) is 12.8. The van der Waals surface area contributed by atoms with Gasteiger partial charge in [0.15, 0.2) is 5.13 Å². The molecular formula is C26H31N5O5S3. The van der Waals surface area contributed by atoms with Crippen molar-refractivity contribution in [2.75, 3.05) is 18.8 Å². The molecule has 0 aliphatic heterocycles. The van der Waals surface area contributed by atoms with Crippen LogP contribution in [0, 0.1) is 5.92 Å². The van der Waals surface area contributed by atoms with E-state index in [4.69, 9.17) is 10.5 Å². The minimum Gasteiger partial charge on any atom is -0.444 e. The summed E-state index contributed by atoms with van der Waals surface area (Å²) >= 11 is 2.57. The molecule has 0 radical (unpaired) electrons. The van der Waals surface area contributed by atoms with E-state index >= 15 is 0 Å². The van der Waals surface area contributed by atoms with Crippen LogP contribution in [0.15, 0.2) is 65.1 Å². The zero-order valence-corrected chi connectivity index (χ0v) is 24.0. The van der Waals surface area contributed by atoms with Crippen LogP contribution in [-0.4, -0.2) is 59.1 Å². The fourth-order valence-electron chi connectivity index (χ4n) is 4.04. The summed E-state index contributed by atoms with van der Waals surface area (Å²) in [6.45, 7) is 3.80. The van der Waals surface area contributed by atoms with E-state index in [-0.39, 0.29) is 36.9 Å². The minimum absolute atomic E-state index is 0.0142. The number of alkyl carbamates (subject to hydrolysis) is 1. The molecule has 0 spiro atoms. The van der Waals surface area contributed by atoms with Gasteiger partial charge in [0.25, 0.3) is 0 Å². The van der Waals surface area contributed by atoms with Crippen molar-refractivity contribution >= 4 is 54.1 Å². The van der Waals surface area contributed by atoms with Crippen LogP contribution < -0.4 is 11.1 Å². The van der Waals surface area contributed by atoms with Gasteiger partial charge in [-0.05, 0) is 36.1 Å². The molecule has 0 saturated carbocycles. The maximum atomic E-state index is 13.7. The number of nitrogen functional groups attached to an aromatic ring is 1. The Morgan fingerprint density at radius 2 is 1.95 bits per heavy atom. The van der Waals surface area contributed by atoms with Gasteiger partial charge in [0.05, 0.1) is 37.6 Å². The van der Waals surface area contributed by atoms with Crippen LogP contribution in [-0.2, 0) is 27.8 Å². The molecule has 39 heavy (non-hydrogen) atoms. The van der Waals surface area contributed by atoms with Gasteiger partial charge in [-0.15, -0.1) is 11.3 Å². The second-order valence-corrected chi connectivity index (χ2v) is 13.4. The van der Waals surface area contributed by atoms with E-state index in [2.05, 4.69) is 15.3 Å². The summed E-state index contributed by atoms with van der Waals surface area (Å²) in [5, 5.41) is 14.4. The normalized spacial score (nSPS) is 13.6. The van der Waals surface area contributed by atoms with E-state index in [9.17, 15) is 18.3 Å². The number of thiazole rings is 2. The molecule has 2 aromatic carbocycles. The molecule has 10 nitrogen and oxygen atoms in total. The van der Waals surface area contributed by atoms with Crippen molar-refractivity contribution in [3.8, 4) is 0 Å². The Morgan fingerprint density at radius 1 is 1.18 bits per heavy atom. The number of carbonyl (C=O) groups is 1. The van der Waals surface area contributed by atoms with Crippen molar-refractivity contribution in [3.63, 3.8) is 0 Å². The highest BCUT2D eigenvalue weighted by Gasteiger charge is 2.32. The van der Waals surface area contributed by atoms with Crippen molar-refractivity contribution in [1.29, 1.82) is 0 Å². The highest BCUT2D eigenvalue weighted by Crippen LogP contribution is 2.28. The number of anilines is 1. The monoisotopic (exact) mass is 589 g/mol.